The molecule has 1 aliphatic carbocycles. The molecule has 0 N–H and O–H groups in total. The van der Waals surface area contributed by atoms with Crippen molar-refractivity contribution in [3.05, 3.63) is 91.0 Å². The summed E-state index contributed by atoms with van der Waals surface area (Å²) in [5.74, 6) is 0. The van der Waals surface area contributed by atoms with E-state index in [2.05, 4.69) is 126 Å². The second kappa shape index (κ2) is 9.27. The zero-order valence-corrected chi connectivity index (χ0v) is 17.7. The highest BCUT2D eigenvalue weighted by Crippen LogP contribution is 2.55. The predicted octanol–water partition coefficient (Wildman–Crippen LogP) is 8.00. The van der Waals surface area contributed by atoms with Crippen LogP contribution in [0.4, 0.5) is 0 Å². The van der Waals surface area contributed by atoms with E-state index in [9.17, 15) is 0 Å². The summed E-state index contributed by atoms with van der Waals surface area (Å²) in [7, 11) is 0. The Labute approximate surface area is 175 Å². The molecule has 0 bridgehead atoms. The normalized spacial score (nSPS) is 18.9. The van der Waals surface area contributed by atoms with E-state index in [1.54, 1.807) is 0 Å². The second-order valence-electron chi connectivity index (χ2n) is 6.89. The largest absolute Gasteiger partial charge is 0.123 e. The van der Waals surface area contributed by atoms with Crippen LogP contribution in [0, 0.1) is 0 Å². The van der Waals surface area contributed by atoms with Gasteiger partial charge in [0.2, 0.25) is 0 Å². The zero-order valence-electron chi connectivity index (χ0n) is 15.3. The van der Waals surface area contributed by atoms with E-state index in [-0.39, 0.29) is 4.08 Å². The zero-order chi connectivity index (χ0) is 18.4. The molecule has 1 aliphatic rings. The summed E-state index contributed by atoms with van der Waals surface area (Å²) in [6, 6.07) is 32.7. The summed E-state index contributed by atoms with van der Waals surface area (Å²) in [6.45, 7) is 0. The minimum atomic E-state index is 0.202. The Bertz CT molecular complexity index is 777. The molecule has 0 saturated heterocycles. The number of hydrogen-bond acceptors (Lipinski definition) is 3. The Morgan fingerprint density at radius 3 is 1.63 bits per heavy atom. The lowest BCUT2D eigenvalue weighted by Crippen LogP contribution is -2.30. The average molecular weight is 409 g/mol. The minimum absolute atomic E-state index is 0.202. The van der Waals surface area contributed by atoms with E-state index in [0.717, 1.165) is 0 Å². The van der Waals surface area contributed by atoms with Crippen LogP contribution < -0.4 is 0 Å². The van der Waals surface area contributed by atoms with E-state index in [1.165, 1.54) is 40.4 Å². The first kappa shape index (κ1) is 19.0. The summed E-state index contributed by atoms with van der Waals surface area (Å²) in [6.07, 6.45) is 5.10. The molecule has 1 fully saturated rings. The number of rotatable bonds is 6. The Balaban J connectivity index is 1.56. The molecule has 0 radical (unpaired) electrons. The smallest absolute Gasteiger partial charge is 0.0715 e. The molecule has 27 heavy (non-hydrogen) atoms. The highest BCUT2D eigenvalue weighted by atomic mass is 32.2. The molecular weight excluding hydrogens is 384 g/mol. The van der Waals surface area contributed by atoms with Crippen molar-refractivity contribution in [2.24, 2.45) is 0 Å². The molecule has 1 atom stereocenters. The third kappa shape index (κ3) is 5.37. The van der Waals surface area contributed by atoms with Crippen molar-refractivity contribution in [3.8, 4) is 0 Å². The van der Waals surface area contributed by atoms with Crippen LogP contribution in [0.25, 0.3) is 0 Å². The lowest BCUT2D eigenvalue weighted by Gasteiger charge is -2.40. The van der Waals surface area contributed by atoms with Crippen molar-refractivity contribution in [2.75, 3.05) is 0 Å². The second-order valence-corrected chi connectivity index (χ2v) is 11.4. The van der Waals surface area contributed by atoms with E-state index in [4.69, 9.17) is 0 Å². The van der Waals surface area contributed by atoms with Crippen LogP contribution in [0.1, 0.15) is 25.7 Å². The highest BCUT2D eigenvalue weighted by Gasteiger charge is 2.38. The summed E-state index contributed by atoms with van der Waals surface area (Å²) in [5.41, 5.74) is 0. The first-order valence-electron chi connectivity index (χ1n) is 9.51. The fraction of sp³-hybridized carbons (Fsp3) is 0.250. The molecule has 0 heterocycles. The molecule has 3 aromatic carbocycles. The third-order valence-electron chi connectivity index (χ3n) is 4.76. The van der Waals surface area contributed by atoms with Crippen molar-refractivity contribution < 1.29 is 0 Å². The van der Waals surface area contributed by atoms with Crippen molar-refractivity contribution in [1.29, 1.82) is 0 Å². The first-order chi connectivity index (χ1) is 13.3. The van der Waals surface area contributed by atoms with Gasteiger partial charge in [0.15, 0.2) is 0 Å². The van der Waals surface area contributed by atoms with E-state index < -0.39 is 0 Å². The number of hydrogen-bond donors (Lipinski definition) is 0. The molecule has 3 aromatic rings. The molecule has 4 rings (SSSR count). The molecule has 0 amide bonds. The van der Waals surface area contributed by atoms with Crippen LogP contribution >= 0.6 is 35.3 Å². The van der Waals surface area contributed by atoms with Gasteiger partial charge in [-0.3, -0.25) is 0 Å². The predicted molar refractivity (Wildman–Crippen MR) is 122 cm³/mol. The van der Waals surface area contributed by atoms with Gasteiger partial charge in [0.1, 0.15) is 0 Å². The van der Waals surface area contributed by atoms with Crippen LogP contribution in [0.15, 0.2) is 106 Å². The topological polar surface area (TPSA) is 0 Å². The molecule has 138 valence electrons. The first-order valence-corrected chi connectivity index (χ1v) is 12.0. The summed E-state index contributed by atoms with van der Waals surface area (Å²) in [4.78, 5) is 4.16. The molecule has 1 unspecified atom stereocenters. The maximum absolute atomic E-state index is 2.26. The van der Waals surface area contributed by atoms with Gasteiger partial charge < -0.3 is 0 Å². The standard InChI is InChI=1S/C24H24S3/c1-4-11-20(12-5-1)25-23-17-10-18-24(19-23,26-21-13-6-2-7-14-21)27-22-15-8-3-9-16-22/h1-9,11-16,23H,10,17-19H2. The van der Waals surface area contributed by atoms with E-state index >= 15 is 0 Å². The maximum atomic E-state index is 2.26. The average Bonchev–Trinajstić information content (AvgIpc) is 2.70. The van der Waals surface area contributed by atoms with Gasteiger partial charge in [-0.05, 0) is 55.7 Å². The van der Waals surface area contributed by atoms with Gasteiger partial charge in [0.25, 0.3) is 0 Å². The SMILES string of the molecule is c1ccc(SC2CCCC(Sc3ccccc3)(Sc3ccccc3)C2)cc1. The Hall–Kier alpha value is -1.29. The Morgan fingerprint density at radius 1 is 0.630 bits per heavy atom. The fourth-order valence-electron chi connectivity index (χ4n) is 3.56. The summed E-state index contributed by atoms with van der Waals surface area (Å²) < 4.78 is 0.202. The lowest BCUT2D eigenvalue weighted by atomic mass is 9.99. The molecule has 0 spiro atoms. The molecule has 0 nitrogen and oxygen atoms in total. The van der Waals surface area contributed by atoms with Crippen molar-refractivity contribution in [3.63, 3.8) is 0 Å². The van der Waals surface area contributed by atoms with E-state index in [0.29, 0.717) is 5.25 Å². The number of thioether (sulfide) groups is 3. The van der Waals surface area contributed by atoms with E-state index in [1.807, 2.05) is 0 Å². The van der Waals surface area contributed by atoms with Gasteiger partial charge in [-0.25, -0.2) is 0 Å². The van der Waals surface area contributed by atoms with Crippen LogP contribution in [-0.2, 0) is 0 Å². The lowest BCUT2D eigenvalue weighted by molar-refractivity contribution is 0.502. The monoisotopic (exact) mass is 408 g/mol. The summed E-state index contributed by atoms with van der Waals surface area (Å²) in [5, 5.41) is 0.675. The van der Waals surface area contributed by atoms with Gasteiger partial charge in [-0.2, -0.15) is 0 Å². The minimum Gasteiger partial charge on any atom is -0.123 e. The molecular formula is C24H24S3. The van der Waals surface area contributed by atoms with Gasteiger partial charge in [-0.15, -0.1) is 35.3 Å². The van der Waals surface area contributed by atoms with Crippen molar-refractivity contribution in [1.82, 2.24) is 0 Å². The van der Waals surface area contributed by atoms with Crippen LogP contribution in [-0.4, -0.2) is 9.33 Å². The van der Waals surface area contributed by atoms with Gasteiger partial charge in [-0.1, -0.05) is 61.0 Å². The molecule has 0 aromatic heterocycles. The van der Waals surface area contributed by atoms with Crippen LogP contribution in [0.5, 0.6) is 0 Å². The molecule has 0 aliphatic heterocycles. The molecule has 3 heteroatoms. The highest BCUT2D eigenvalue weighted by molar-refractivity contribution is 8.18. The van der Waals surface area contributed by atoms with Gasteiger partial charge in [0.05, 0.1) is 4.08 Å². The Morgan fingerprint density at radius 2 is 1.11 bits per heavy atom. The third-order valence-corrected chi connectivity index (χ3v) is 9.04. The van der Waals surface area contributed by atoms with Crippen LogP contribution in [0.3, 0.4) is 0 Å². The number of benzene rings is 3. The van der Waals surface area contributed by atoms with Crippen molar-refractivity contribution in [2.45, 2.75) is 49.7 Å². The summed E-state index contributed by atoms with van der Waals surface area (Å²) >= 11 is 6.20. The van der Waals surface area contributed by atoms with Gasteiger partial charge in [0, 0.05) is 19.9 Å². The van der Waals surface area contributed by atoms with Crippen molar-refractivity contribution >= 4 is 35.3 Å². The quantitative estimate of drug-likeness (QED) is 0.379. The fourth-order valence-corrected chi connectivity index (χ4v) is 8.37. The van der Waals surface area contributed by atoms with Crippen LogP contribution in [0.2, 0.25) is 0 Å². The molecule has 1 saturated carbocycles. The van der Waals surface area contributed by atoms with Gasteiger partial charge >= 0.3 is 0 Å². The maximum Gasteiger partial charge on any atom is 0.0715 e. The Kier molecular flexibility index (Phi) is 6.54.